The second-order valence-corrected chi connectivity index (χ2v) is 4.30. The first kappa shape index (κ1) is 15.2. The maximum atomic E-state index is 12.0. The first-order valence-electron chi connectivity index (χ1n) is 6.09. The number of methoxy groups -OCH3 is 1. The van der Waals surface area contributed by atoms with Crippen LogP contribution in [0.3, 0.4) is 0 Å². The van der Waals surface area contributed by atoms with Crippen LogP contribution in [0, 0.1) is 18.8 Å². The van der Waals surface area contributed by atoms with Crippen molar-refractivity contribution in [2.45, 2.75) is 20.0 Å². The van der Waals surface area contributed by atoms with E-state index < -0.39 is 0 Å². The minimum absolute atomic E-state index is 0.0255. The largest absolute Gasteiger partial charge is 0.384 e. The topological polar surface area (TPSA) is 58.6 Å². The van der Waals surface area contributed by atoms with Gasteiger partial charge < -0.3 is 15.2 Å². The van der Waals surface area contributed by atoms with Crippen molar-refractivity contribution in [3.63, 3.8) is 0 Å². The predicted octanol–water partition coefficient (Wildman–Crippen LogP) is 1.10. The van der Waals surface area contributed by atoms with Crippen LogP contribution in [-0.2, 0) is 4.74 Å². The molecule has 2 N–H and O–H groups in total. The lowest BCUT2D eigenvalue weighted by atomic mass is 10.1. The van der Waals surface area contributed by atoms with Crippen molar-refractivity contribution in [2.24, 2.45) is 0 Å². The Kier molecular flexibility index (Phi) is 6.07. The van der Waals surface area contributed by atoms with Gasteiger partial charge in [-0.05, 0) is 37.6 Å². The Balaban J connectivity index is 2.82. The zero-order chi connectivity index (χ0) is 14.3. The van der Waals surface area contributed by atoms with Gasteiger partial charge >= 0.3 is 0 Å². The molecule has 4 heteroatoms. The fraction of sp³-hybridized carbons (Fsp3) is 0.400. The summed E-state index contributed by atoms with van der Waals surface area (Å²) >= 11 is 0. The standard InChI is InChI=1S/C15H19NO3/c1-11-7-13(5-4-6-17)9-14(8-11)15(18)16-10-12(2)19-3/h7-9,12,17H,6,10H2,1-3H3,(H,16,18). The van der Waals surface area contributed by atoms with Crippen LogP contribution < -0.4 is 5.32 Å². The van der Waals surface area contributed by atoms with Gasteiger partial charge in [-0.2, -0.15) is 0 Å². The average Bonchev–Trinajstić information content (AvgIpc) is 2.41. The molecule has 1 atom stereocenters. The highest BCUT2D eigenvalue weighted by atomic mass is 16.5. The van der Waals surface area contributed by atoms with Crippen molar-refractivity contribution in [1.29, 1.82) is 0 Å². The maximum absolute atomic E-state index is 12.0. The summed E-state index contributed by atoms with van der Waals surface area (Å²) in [6.07, 6.45) is -0.0255. The molecule has 1 aromatic rings. The highest BCUT2D eigenvalue weighted by Gasteiger charge is 2.08. The predicted molar refractivity (Wildman–Crippen MR) is 73.9 cm³/mol. The second kappa shape index (κ2) is 7.57. The molecule has 0 fully saturated rings. The van der Waals surface area contributed by atoms with E-state index in [0.29, 0.717) is 12.1 Å². The van der Waals surface area contributed by atoms with Crippen LogP contribution >= 0.6 is 0 Å². The van der Waals surface area contributed by atoms with Crippen LogP contribution in [0.15, 0.2) is 18.2 Å². The summed E-state index contributed by atoms with van der Waals surface area (Å²) in [7, 11) is 1.60. The molecule has 0 aliphatic heterocycles. The molecule has 4 nitrogen and oxygen atoms in total. The molecule has 0 heterocycles. The number of ether oxygens (including phenoxy) is 1. The minimum atomic E-state index is -0.194. The fourth-order valence-electron chi connectivity index (χ4n) is 1.55. The summed E-state index contributed by atoms with van der Waals surface area (Å²) in [5.41, 5.74) is 2.24. The second-order valence-electron chi connectivity index (χ2n) is 4.30. The SMILES string of the molecule is COC(C)CNC(=O)c1cc(C)cc(C#CCO)c1. The molecule has 1 rings (SSSR count). The number of rotatable bonds is 4. The molecule has 0 saturated carbocycles. The van der Waals surface area contributed by atoms with E-state index in [1.165, 1.54) is 0 Å². The summed E-state index contributed by atoms with van der Waals surface area (Å²) in [6.45, 7) is 4.05. The fourth-order valence-corrected chi connectivity index (χ4v) is 1.55. The molecule has 1 aromatic carbocycles. The van der Waals surface area contributed by atoms with Gasteiger partial charge in [0.2, 0.25) is 0 Å². The molecule has 102 valence electrons. The molecule has 0 spiro atoms. The molecule has 0 bridgehead atoms. The first-order chi connectivity index (χ1) is 9.06. The van der Waals surface area contributed by atoms with Gasteiger partial charge in [-0.15, -0.1) is 0 Å². The maximum Gasteiger partial charge on any atom is 0.251 e. The van der Waals surface area contributed by atoms with Crippen molar-refractivity contribution in [3.8, 4) is 11.8 Å². The Bertz CT molecular complexity index is 500. The van der Waals surface area contributed by atoms with E-state index in [4.69, 9.17) is 9.84 Å². The number of amides is 1. The van der Waals surface area contributed by atoms with Crippen LogP contribution in [0.2, 0.25) is 0 Å². The van der Waals surface area contributed by atoms with Gasteiger partial charge in [0, 0.05) is 24.8 Å². The Morgan fingerprint density at radius 1 is 1.47 bits per heavy atom. The quantitative estimate of drug-likeness (QED) is 0.798. The molecule has 0 saturated heterocycles. The van der Waals surface area contributed by atoms with Crippen LogP contribution in [0.25, 0.3) is 0 Å². The van der Waals surface area contributed by atoms with E-state index in [1.807, 2.05) is 19.9 Å². The molecular weight excluding hydrogens is 242 g/mol. The number of benzene rings is 1. The number of aryl methyl sites for hydroxylation is 1. The van der Waals surface area contributed by atoms with Crippen molar-refractivity contribution < 1.29 is 14.6 Å². The van der Waals surface area contributed by atoms with Crippen molar-refractivity contribution in [1.82, 2.24) is 5.32 Å². The Hall–Kier alpha value is -1.83. The first-order valence-corrected chi connectivity index (χ1v) is 6.09. The molecule has 1 amide bonds. The lowest BCUT2D eigenvalue weighted by molar-refractivity contribution is 0.0870. The molecule has 0 radical (unpaired) electrons. The Morgan fingerprint density at radius 2 is 2.21 bits per heavy atom. The third-order valence-corrected chi connectivity index (χ3v) is 2.60. The monoisotopic (exact) mass is 261 g/mol. The van der Waals surface area contributed by atoms with Gasteiger partial charge in [0.05, 0.1) is 6.10 Å². The van der Waals surface area contributed by atoms with Crippen LogP contribution in [0.4, 0.5) is 0 Å². The lowest BCUT2D eigenvalue weighted by Gasteiger charge is -2.11. The number of nitrogens with one attached hydrogen (secondary N) is 1. The van der Waals surface area contributed by atoms with E-state index in [0.717, 1.165) is 11.1 Å². The molecule has 0 aliphatic carbocycles. The summed E-state index contributed by atoms with van der Waals surface area (Å²) in [5.74, 6) is 5.22. The summed E-state index contributed by atoms with van der Waals surface area (Å²) < 4.78 is 5.07. The zero-order valence-electron chi connectivity index (χ0n) is 11.5. The molecule has 0 aromatic heterocycles. The smallest absolute Gasteiger partial charge is 0.251 e. The van der Waals surface area contributed by atoms with E-state index in [-0.39, 0.29) is 18.6 Å². The third-order valence-electron chi connectivity index (χ3n) is 2.60. The van der Waals surface area contributed by atoms with E-state index in [9.17, 15) is 4.79 Å². The van der Waals surface area contributed by atoms with Gasteiger partial charge in [-0.1, -0.05) is 11.8 Å². The normalized spacial score (nSPS) is 11.4. The van der Waals surface area contributed by atoms with Gasteiger partial charge in [-0.25, -0.2) is 0 Å². The minimum Gasteiger partial charge on any atom is -0.384 e. The molecule has 0 aliphatic rings. The molecule has 1 unspecified atom stereocenters. The molecular formula is C15H19NO3. The van der Waals surface area contributed by atoms with Gasteiger partial charge in [0.1, 0.15) is 6.61 Å². The van der Waals surface area contributed by atoms with Crippen molar-refractivity contribution >= 4 is 5.91 Å². The summed E-state index contributed by atoms with van der Waals surface area (Å²) in [5, 5.41) is 11.5. The number of aliphatic hydroxyl groups is 1. The van der Waals surface area contributed by atoms with Gasteiger partial charge in [-0.3, -0.25) is 4.79 Å². The number of aliphatic hydroxyl groups excluding tert-OH is 1. The van der Waals surface area contributed by atoms with Gasteiger partial charge in [0.25, 0.3) is 5.91 Å². The Labute approximate surface area is 113 Å². The number of carbonyl (C=O) groups excluding carboxylic acids is 1. The van der Waals surface area contributed by atoms with E-state index in [2.05, 4.69) is 17.2 Å². The van der Waals surface area contributed by atoms with Crippen LogP contribution in [-0.4, -0.2) is 37.4 Å². The Morgan fingerprint density at radius 3 is 2.84 bits per heavy atom. The van der Waals surface area contributed by atoms with Crippen LogP contribution in [0.5, 0.6) is 0 Å². The number of hydrogen-bond acceptors (Lipinski definition) is 3. The van der Waals surface area contributed by atoms with Gasteiger partial charge in [0.15, 0.2) is 0 Å². The van der Waals surface area contributed by atoms with Crippen molar-refractivity contribution in [2.75, 3.05) is 20.3 Å². The summed E-state index contributed by atoms with van der Waals surface area (Å²) in [6, 6.07) is 5.39. The summed E-state index contributed by atoms with van der Waals surface area (Å²) in [4.78, 5) is 12.0. The van der Waals surface area contributed by atoms with Crippen molar-refractivity contribution in [3.05, 3.63) is 34.9 Å². The van der Waals surface area contributed by atoms with Crippen LogP contribution in [0.1, 0.15) is 28.4 Å². The molecule has 19 heavy (non-hydrogen) atoms. The average molecular weight is 261 g/mol. The van der Waals surface area contributed by atoms with E-state index in [1.54, 1.807) is 19.2 Å². The number of carbonyl (C=O) groups is 1. The zero-order valence-corrected chi connectivity index (χ0v) is 11.5. The highest BCUT2D eigenvalue weighted by Crippen LogP contribution is 2.09. The third kappa shape index (κ3) is 5.12. The lowest BCUT2D eigenvalue weighted by Crippen LogP contribution is -2.31. The van der Waals surface area contributed by atoms with E-state index >= 15 is 0 Å². The highest BCUT2D eigenvalue weighted by molar-refractivity contribution is 5.94. The number of hydrogen-bond donors (Lipinski definition) is 2.